The van der Waals surface area contributed by atoms with Gasteiger partial charge >= 0.3 is 5.97 Å². The van der Waals surface area contributed by atoms with Crippen LogP contribution in [0.1, 0.15) is 23.0 Å². The summed E-state index contributed by atoms with van der Waals surface area (Å²) >= 11 is 0. The number of esters is 1. The minimum Gasteiger partial charge on any atom is -0.476 e. The van der Waals surface area contributed by atoms with E-state index in [9.17, 15) is 4.79 Å². The molecule has 0 aliphatic carbocycles. The molecule has 0 bridgehead atoms. The third-order valence-electron chi connectivity index (χ3n) is 2.77. The number of aromatic nitrogens is 2. The summed E-state index contributed by atoms with van der Waals surface area (Å²) < 4.78 is 10.5. The van der Waals surface area contributed by atoms with Gasteiger partial charge in [-0.1, -0.05) is 6.07 Å². The standard InChI is InChI=1S/C15H17N3O3/c1-2-20-15(19)12-6-9-18-14(13(12)16)21-10-7-11-5-3-4-8-17-11/h3-6,8-9H,2,7,10,16H2,1H3. The Bertz CT molecular complexity index is 602. The van der Waals surface area contributed by atoms with Gasteiger partial charge in [-0.25, -0.2) is 9.78 Å². The van der Waals surface area contributed by atoms with Crippen LogP contribution in [0.2, 0.25) is 0 Å². The maximum Gasteiger partial charge on any atom is 0.340 e. The van der Waals surface area contributed by atoms with Gasteiger partial charge in [0.25, 0.3) is 0 Å². The molecule has 0 saturated heterocycles. The molecule has 0 amide bonds. The van der Waals surface area contributed by atoms with E-state index in [1.165, 1.54) is 12.3 Å². The molecule has 0 unspecified atom stereocenters. The zero-order valence-corrected chi connectivity index (χ0v) is 11.8. The van der Waals surface area contributed by atoms with Gasteiger partial charge in [0.1, 0.15) is 5.69 Å². The Hall–Kier alpha value is -2.63. The minimum absolute atomic E-state index is 0.192. The number of carbonyl (C=O) groups is 1. The van der Waals surface area contributed by atoms with Crippen molar-refractivity contribution in [3.8, 4) is 5.88 Å². The average molecular weight is 287 g/mol. The Morgan fingerprint density at radius 2 is 2.10 bits per heavy atom. The number of hydrogen-bond donors (Lipinski definition) is 1. The molecule has 6 nitrogen and oxygen atoms in total. The Balaban J connectivity index is 2.00. The molecular weight excluding hydrogens is 270 g/mol. The highest BCUT2D eigenvalue weighted by Gasteiger charge is 2.15. The summed E-state index contributed by atoms with van der Waals surface area (Å²) in [5, 5.41) is 0. The molecule has 2 heterocycles. The summed E-state index contributed by atoms with van der Waals surface area (Å²) in [4.78, 5) is 20.0. The van der Waals surface area contributed by atoms with Crippen molar-refractivity contribution < 1.29 is 14.3 Å². The molecule has 0 spiro atoms. The van der Waals surface area contributed by atoms with E-state index in [1.807, 2.05) is 18.2 Å². The normalized spacial score (nSPS) is 10.1. The number of hydrogen-bond acceptors (Lipinski definition) is 6. The third-order valence-corrected chi connectivity index (χ3v) is 2.77. The SMILES string of the molecule is CCOC(=O)c1ccnc(OCCc2ccccn2)c1N. The van der Waals surface area contributed by atoms with Gasteiger partial charge in [0.2, 0.25) is 5.88 Å². The van der Waals surface area contributed by atoms with Crippen LogP contribution in [-0.4, -0.2) is 29.2 Å². The first kappa shape index (κ1) is 14.8. The van der Waals surface area contributed by atoms with Crippen molar-refractivity contribution in [2.45, 2.75) is 13.3 Å². The summed E-state index contributed by atoms with van der Waals surface area (Å²) in [5.74, 6) is -0.247. The van der Waals surface area contributed by atoms with E-state index in [0.717, 1.165) is 5.69 Å². The molecule has 2 rings (SSSR count). The molecule has 0 aromatic carbocycles. The monoisotopic (exact) mass is 287 g/mol. The number of rotatable bonds is 6. The van der Waals surface area contributed by atoms with E-state index in [-0.39, 0.29) is 23.7 Å². The zero-order valence-electron chi connectivity index (χ0n) is 11.8. The molecule has 0 radical (unpaired) electrons. The van der Waals surface area contributed by atoms with Gasteiger partial charge in [0, 0.05) is 24.5 Å². The van der Waals surface area contributed by atoms with E-state index in [4.69, 9.17) is 15.2 Å². The molecule has 110 valence electrons. The maximum atomic E-state index is 11.7. The summed E-state index contributed by atoms with van der Waals surface area (Å²) in [6, 6.07) is 7.19. The van der Waals surface area contributed by atoms with Gasteiger partial charge in [-0.15, -0.1) is 0 Å². The van der Waals surface area contributed by atoms with E-state index in [0.29, 0.717) is 13.0 Å². The first-order valence-electron chi connectivity index (χ1n) is 6.66. The lowest BCUT2D eigenvalue weighted by Crippen LogP contribution is -2.11. The van der Waals surface area contributed by atoms with Crippen molar-refractivity contribution in [1.29, 1.82) is 0 Å². The zero-order chi connectivity index (χ0) is 15.1. The Labute approximate surface area is 122 Å². The van der Waals surface area contributed by atoms with Crippen LogP contribution in [0.25, 0.3) is 0 Å². The molecule has 0 aliphatic heterocycles. The highest BCUT2D eigenvalue weighted by molar-refractivity contribution is 5.96. The largest absolute Gasteiger partial charge is 0.476 e. The predicted molar refractivity (Wildman–Crippen MR) is 78.0 cm³/mol. The van der Waals surface area contributed by atoms with Crippen LogP contribution in [0.3, 0.4) is 0 Å². The molecule has 2 aromatic rings. The minimum atomic E-state index is -0.480. The molecule has 0 atom stereocenters. The second kappa shape index (κ2) is 7.23. The van der Waals surface area contributed by atoms with Gasteiger partial charge in [-0.3, -0.25) is 4.98 Å². The summed E-state index contributed by atoms with van der Waals surface area (Å²) in [5.41, 5.74) is 7.26. The molecular formula is C15H17N3O3. The van der Waals surface area contributed by atoms with Crippen LogP contribution in [0.5, 0.6) is 5.88 Å². The predicted octanol–water partition coefficient (Wildman–Crippen LogP) is 1.86. The number of ether oxygens (including phenoxy) is 2. The highest BCUT2D eigenvalue weighted by atomic mass is 16.5. The second-order valence-electron chi connectivity index (χ2n) is 4.22. The number of pyridine rings is 2. The number of anilines is 1. The fourth-order valence-electron chi connectivity index (χ4n) is 1.75. The van der Waals surface area contributed by atoms with Crippen molar-refractivity contribution in [1.82, 2.24) is 9.97 Å². The molecule has 0 saturated carbocycles. The number of nitrogens with two attached hydrogens (primary N) is 1. The van der Waals surface area contributed by atoms with E-state index < -0.39 is 5.97 Å². The fourth-order valence-corrected chi connectivity index (χ4v) is 1.75. The fraction of sp³-hybridized carbons (Fsp3) is 0.267. The summed E-state index contributed by atoms with van der Waals surface area (Å²) in [6.07, 6.45) is 3.83. The molecule has 2 N–H and O–H groups in total. The third kappa shape index (κ3) is 3.92. The lowest BCUT2D eigenvalue weighted by molar-refractivity contribution is 0.0527. The number of carbonyl (C=O) groups excluding carboxylic acids is 1. The van der Waals surface area contributed by atoms with E-state index in [1.54, 1.807) is 13.1 Å². The maximum absolute atomic E-state index is 11.7. The van der Waals surface area contributed by atoms with Gasteiger partial charge in [-0.2, -0.15) is 0 Å². The van der Waals surface area contributed by atoms with E-state index >= 15 is 0 Å². The Morgan fingerprint density at radius 1 is 1.24 bits per heavy atom. The van der Waals surface area contributed by atoms with Crippen LogP contribution in [0.4, 0.5) is 5.69 Å². The topological polar surface area (TPSA) is 87.3 Å². The summed E-state index contributed by atoms with van der Waals surface area (Å²) in [7, 11) is 0. The van der Waals surface area contributed by atoms with Crippen molar-refractivity contribution in [3.63, 3.8) is 0 Å². The van der Waals surface area contributed by atoms with E-state index in [2.05, 4.69) is 9.97 Å². The van der Waals surface area contributed by atoms with Crippen LogP contribution < -0.4 is 10.5 Å². The second-order valence-corrected chi connectivity index (χ2v) is 4.22. The van der Waals surface area contributed by atoms with Gasteiger partial charge in [0.05, 0.1) is 18.8 Å². The lowest BCUT2D eigenvalue weighted by atomic mass is 10.2. The van der Waals surface area contributed by atoms with Gasteiger partial charge in [0.15, 0.2) is 0 Å². The van der Waals surface area contributed by atoms with Crippen molar-refractivity contribution in [3.05, 3.63) is 47.9 Å². The molecule has 2 aromatic heterocycles. The van der Waals surface area contributed by atoms with Crippen molar-refractivity contribution >= 4 is 11.7 Å². The average Bonchev–Trinajstić information content (AvgIpc) is 2.50. The van der Waals surface area contributed by atoms with Crippen LogP contribution in [0.15, 0.2) is 36.7 Å². The molecule has 6 heteroatoms. The summed E-state index contributed by atoms with van der Waals surface area (Å²) in [6.45, 7) is 2.40. The van der Waals surface area contributed by atoms with Crippen LogP contribution in [0, 0.1) is 0 Å². The Morgan fingerprint density at radius 3 is 2.81 bits per heavy atom. The molecule has 21 heavy (non-hydrogen) atoms. The van der Waals surface area contributed by atoms with Gasteiger partial charge < -0.3 is 15.2 Å². The number of nitrogen functional groups attached to an aromatic ring is 1. The highest BCUT2D eigenvalue weighted by Crippen LogP contribution is 2.23. The number of nitrogens with zero attached hydrogens (tertiary/aromatic N) is 2. The van der Waals surface area contributed by atoms with Crippen LogP contribution in [-0.2, 0) is 11.2 Å². The first-order chi connectivity index (χ1) is 10.2. The molecule has 0 aliphatic rings. The first-order valence-corrected chi connectivity index (χ1v) is 6.66. The smallest absolute Gasteiger partial charge is 0.340 e. The van der Waals surface area contributed by atoms with Gasteiger partial charge in [-0.05, 0) is 25.1 Å². The van der Waals surface area contributed by atoms with Crippen molar-refractivity contribution in [2.75, 3.05) is 18.9 Å². The van der Waals surface area contributed by atoms with Crippen LogP contribution >= 0.6 is 0 Å². The quantitative estimate of drug-likeness (QED) is 0.816. The van der Waals surface area contributed by atoms with Crippen molar-refractivity contribution in [2.24, 2.45) is 0 Å². The lowest BCUT2D eigenvalue weighted by Gasteiger charge is -2.10. The molecule has 0 fully saturated rings. The Kier molecular flexibility index (Phi) is 5.09.